The average Bonchev–Trinajstić information content (AvgIpc) is 2.34. The van der Waals surface area contributed by atoms with Crippen LogP contribution in [0.1, 0.15) is 16.8 Å². The zero-order chi connectivity index (χ0) is 12.4. The summed E-state index contributed by atoms with van der Waals surface area (Å²) in [6, 6.07) is 5.14. The van der Waals surface area contributed by atoms with Gasteiger partial charge in [0.05, 0.1) is 5.69 Å². The minimum absolute atomic E-state index is 0.0224. The molecule has 0 saturated carbocycles. The van der Waals surface area contributed by atoms with Crippen molar-refractivity contribution in [1.82, 2.24) is 0 Å². The molecule has 0 aliphatic carbocycles. The fourth-order valence-electron chi connectivity index (χ4n) is 1.69. The molecule has 2 rings (SSSR count). The fraction of sp³-hybridized carbons (Fsp3) is 0.333. The molecule has 0 spiro atoms. The van der Waals surface area contributed by atoms with Gasteiger partial charge in [-0.25, -0.2) is 0 Å². The van der Waals surface area contributed by atoms with Crippen molar-refractivity contribution >= 4 is 30.0 Å². The number of benzene rings is 1. The third-order valence-electron chi connectivity index (χ3n) is 2.71. The average molecular weight is 251 g/mol. The number of hydrogen-bond donors (Lipinski definition) is 1. The minimum atomic E-state index is -0.115. The normalized spacial score (nSPS) is 14.2. The van der Waals surface area contributed by atoms with Gasteiger partial charge in [-0.05, 0) is 24.0 Å². The second kappa shape index (κ2) is 4.79. The van der Waals surface area contributed by atoms with Gasteiger partial charge in [0.15, 0.2) is 12.4 Å². The first-order valence-electron chi connectivity index (χ1n) is 5.31. The number of fused-ring (bicyclic) bond motifs is 1. The van der Waals surface area contributed by atoms with Crippen LogP contribution in [0.25, 0.3) is 0 Å². The van der Waals surface area contributed by atoms with Crippen molar-refractivity contribution < 1.29 is 14.3 Å². The maximum Gasteiger partial charge on any atom is 0.264 e. The molecule has 0 radical (unpaired) electrons. The predicted molar refractivity (Wildman–Crippen MR) is 68.1 cm³/mol. The van der Waals surface area contributed by atoms with Crippen LogP contribution in [-0.4, -0.2) is 31.1 Å². The van der Waals surface area contributed by atoms with E-state index in [1.807, 2.05) is 0 Å². The maximum absolute atomic E-state index is 11.7. The number of carbonyl (C=O) groups is 2. The van der Waals surface area contributed by atoms with Gasteiger partial charge in [0.25, 0.3) is 5.91 Å². The predicted octanol–water partition coefficient (Wildman–Crippen LogP) is 1.54. The summed E-state index contributed by atoms with van der Waals surface area (Å²) in [5.41, 5.74) is 1.23. The molecule has 1 amide bonds. The van der Waals surface area contributed by atoms with Gasteiger partial charge in [-0.3, -0.25) is 9.59 Å². The van der Waals surface area contributed by atoms with Crippen LogP contribution in [0, 0.1) is 0 Å². The van der Waals surface area contributed by atoms with E-state index in [0.717, 1.165) is 0 Å². The van der Waals surface area contributed by atoms with E-state index in [1.165, 1.54) is 4.90 Å². The Kier molecular flexibility index (Phi) is 3.38. The maximum atomic E-state index is 11.7. The van der Waals surface area contributed by atoms with Crippen molar-refractivity contribution in [2.45, 2.75) is 6.42 Å². The standard InChI is InChI=1S/C12H13NO3S/c1-13-9-6-8(10(14)4-5-17)2-3-11(9)16-7-12(13)15/h2-3,6,17H,4-5,7H2,1H3. The molecule has 1 aromatic carbocycles. The molecular formula is C12H13NO3S. The Morgan fingerprint density at radius 2 is 2.29 bits per heavy atom. The van der Waals surface area contributed by atoms with Crippen molar-refractivity contribution in [2.24, 2.45) is 0 Å². The van der Waals surface area contributed by atoms with Crippen LogP contribution in [0.5, 0.6) is 5.75 Å². The first-order valence-corrected chi connectivity index (χ1v) is 5.94. The highest BCUT2D eigenvalue weighted by Crippen LogP contribution is 2.32. The van der Waals surface area contributed by atoms with Gasteiger partial charge in [0, 0.05) is 19.0 Å². The van der Waals surface area contributed by atoms with Gasteiger partial charge in [-0.15, -0.1) is 0 Å². The number of thiol groups is 1. The van der Waals surface area contributed by atoms with E-state index in [4.69, 9.17) is 4.74 Å². The summed E-state index contributed by atoms with van der Waals surface area (Å²) in [5.74, 6) is 1.06. The lowest BCUT2D eigenvalue weighted by Crippen LogP contribution is -2.35. The highest BCUT2D eigenvalue weighted by atomic mass is 32.1. The van der Waals surface area contributed by atoms with Gasteiger partial charge < -0.3 is 9.64 Å². The molecule has 1 aromatic rings. The SMILES string of the molecule is CN1C(=O)COc2ccc(C(=O)CCS)cc21. The van der Waals surface area contributed by atoms with Gasteiger partial charge in [-0.1, -0.05) is 0 Å². The van der Waals surface area contributed by atoms with Crippen LogP contribution in [0.15, 0.2) is 18.2 Å². The topological polar surface area (TPSA) is 46.6 Å². The highest BCUT2D eigenvalue weighted by Gasteiger charge is 2.23. The van der Waals surface area contributed by atoms with E-state index >= 15 is 0 Å². The Labute approximate surface area is 105 Å². The van der Waals surface area contributed by atoms with Crippen molar-refractivity contribution in [3.8, 4) is 5.75 Å². The van der Waals surface area contributed by atoms with E-state index in [1.54, 1.807) is 25.2 Å². The molecule has 5 heteroatoms. The van der Waals surface area contributed by atoms with E-state index in [-0.39, 0.29) is 18.3 Å². The summed E-state index contributed by atoms with van der Waals surface area (Å²) in [6.45, 7) is 0.0490. The first-order chi connectivity index (χ1) is 8.13. The van der Waals surface area contributed by atoms with Crippen LogP contribution >= 0.6 is 12.6 Å². The van der Waals surface area contributed by atoms with E-state index < -0.39 is 0 Å². The Morgan fingerprint density at radius 1 is 1.53 bits per heavy atom. The molecule has 90 valence electrons. The van der Waals surface area contributed by atoms with Gasteiger partial charge in [0.2, 0.25) is 0 Å². The fourth-order valence-corrected chi connectivity index (χ4v) is 1.89. The molecule has 0 saturated heterocycles. The van der Waals surface area contributed by atoms with Crippen molar-refractivity contribution in [2.75, 3.05) is 24.3 Å². The molecule has 0 N–H and O–H groups in total. The molecule has 0 atom stereocenters. The molecule has 1 heterocycles. The number of anilines is 1. The molecule has 0 unspecified atom stereocenters. The number of likely N-dealkylation sites (N-methyl/N-ethyl adjacent to an activating group) is 1. The van der Waals surface area contributed by atoms with Crippen molar-refractivity contribution in [3.05, 3.63) is 23.8 Å². The summed E-state index contributed by atoms with van der Waals surface area (Å²) in [6.07, 6.45) is 0.389. The molecule has 0 aromatic heterocycles. The molecule has 4 nitrogen and oxygen atoms in total. The highest BCUT2D eigenvalue weighted by molar-refractivity contribution is 7.80. The number of nitrogens with zero attached hydrogens (tertiary/aromatic N) is 1. The van der Waals surface area contributed by atoms with Gasteiger partial charge >= 0.3 is 0 Å². The zero-order valence-electron chi connectivity index (χ0n) is 9.47. The summed E-state index contributed by atoms with van der Waals surface area (Å²) < 4.78 is 5.28. The Balaban J connectivity index is 2.35. The Bertz CT molecular complexity index is 473. The van der Waals surface area contributed by atoms with Crippen LogP contribution < -0.4 is 9.64 Å². The third kappa shape index (κ3) is 2.29. The Morgan fingerprint density at radius 3 is 3.00 bits per heavy atom. The van der Waals surface area contributed by atoms with Crippen LogP contribution in [0.2, 0.25) is 0 Å². The number of ketones is 1. The van der Waals surface area contributed by atoms with Crippen LogP contribution in [0.3, 0.4) is 0 Å². The summed E-state index contributed by atoms with van der Waals surface area (Å²) in [7, 11) is 1.68. The van der Waals surface area contributed by atoms with Crippen molar-refractivity contribution in [1.29, 1.82) is 0 Å². The second-order valence-corrected chi connectivity index (χ2v) is 4.27. The van der Waals surface area contributed by atoms with Crippen LogP contribution in [0.4, 0.5) is 5.69 Å². The lowest BCUT2D eigenvalue weighted by atomic mass is 10.1. The number of ether oxygens (including phenoxy) is 1. The number of Topliss-reactive ketones (excluding diaryl/α,β-unsaturated/α-hetero) is 1. The molecule has 1 aliphatic heterocycles. The quantitative estimate of drug-likeness (QED) is 0.655. The summed E-state index contributed by atoms with van der Waals surface area (Å²) in [4.78, 5) is 24.7. The van der Waals surface area contributed by atoms with Gasteiger partial charge in [-0.2, -0.15) is 12.6 Å². The van der Waals surface area contributed by atoms with Crippen LogP contribution in [-0.2, 0) is 4.79 Å². The third-order valence-corrected chi connectivity index (χ3v) is 2.93. The minimum Gasteiger partial charge on any atom is -0.482 e. The van der Waals surface area contributed by atoms with Crippen molar-refractivity contribution in [3.63, 3.8) is 0 Å². The number of amides is 1. The lowest BCUT2D eigenvalue weighted by molar-refractivity contribution is -0.120. The molecular weight excluding hydrogens is 238 g/mol. The first kappa shape index (κ1) is 12.0. The van der Waals surface area contributed by atoms with E-state index in [2.05, 4.69) is 12.6 Å². The largest absolute Gasteiger partial charge is 0.482 e. The lowest BCUT2D eigenvalue weighted by Gasteiger charge is -2.26. The summed E-state index contributed by atoms with van der Waals surface area (Å²) in [5, 5.41) is 0. The summed E-state index contributed by atoms with van der Waals surface area (Å²) >= 11 is 4.03. The smallest absolute Gasteiger partial charge is 0.264 e. The molecule has 0 fully saturated rings. The molecule has 0 bridgehead atoms. The zero-order valence-corrected chi connectivity index (χ0v) is 10.4. The number of hydrogen-bond acceptors (Lipinski definition) is 4. The van der Waals surface area contributed by atoms with E-state index in [0.29, 0.717) is 29.2 Å². The Hall–Kier alpha value is -1.49. The number of rotatable bonds is 3. The molecule has 1 aliphatic rings. The number of carbonyl (C=O) groups excluding carboxylic acids is 2. The second-order valence-electron chi connectivity index (χ2n) is 3.82. The monoisotopic (exact) mass is 251 g/mol. The van der Waals surface area contributed by atoms with E-state index in [9.17, 15) is 9.59 Å². The molecule has 17 heavy (non-hydrogen) atoms. The van der Waals surface area contributed by atoms with Gasteiger partial charge in [0.1, 0.15) is 5.75 Å².